The number of anilines is 1. The van der Waals surface area contributed by atoms with Gasteiger partial charge in [-0.15, -0.1) is 0 Å². The van der Waals surface area contributed by atoms with Gasteiger partial charge in [-0.3, -0.25) is 14.9 Å². The van der Waals surface area contributed by atoms with Crippen LogP contribution in [0.25, 0.3) is 0 Å². The van der Waals surface area contributed by atoms with Gasteiger partial charge in [0, 0.05) is 24.7 Å². The summed E-state index contributed by atoms with van der Waals surface area (Å²) in [6, 6.07) is 4.40. The van der Waals surface area contributed by atoms with Crippen LogP contribution in [0.15, 0.2) is 18.2 Å². The zero-order valence-electron chi connectivity index (χ0n) is 11.8. The van der Waals surface area contributed by atoms with Gasteiger partial charge in [0.1, 0.15) is 5.69 Å². The first kappa shape index (κ1) is 15.2. The SMILES string of the molecule is NCCC1CCN(c2ccc(C(N)=O)cc2[N+](=O)[O-])CC1. The second-order valence-corrected chi connectivity index (χ2v) is 5.33. The van der Waals surface area contributed by atoms with E-state index in [0.29, 0.717) is 18.2 Å². The zero-order chi connectivity index (χ0) is 15.4. The minimum atomic E-state index is -0.661. The van der Waals surface area contributed by atoms with Gasteiger partial charge in [-0.25, -0.2) is 0 Å². The van der Waals surface area contributed by atoms with E-state index >= 15 is 0 Å². The van der Waals surface area contributed by atoms with Gasteiger partial charge in [-0.2, -0.15) is 0 Å². The average molecular weight is 292 g/mol. The summed E-state index contributed by atoms with van der Waals surface area (Å²) in [4.78, 5) is 23.9. The number of nitrogens with zero attached hydrogens (tertiary/aromatic N) is 2. The average Bonchev–Trinajstić information content (AvgIpc) is 2.47. The molecule has 1 aliphatic heterocycles. The molecule has 1 heterocycles. The number of hydrogen-bond donors (Lipinski definition) is 2. The fourth-order valence-electron chi connectivity index (χ4n) is 2.79. The molecule has 0 atom stereocenters. The minimum absolute atomic E-state index is 0.0661. The van der Waals surface area contributed by atoms with Crippen molar-refractivity contribution in [3.05, 3.63) is 33.9 Å². The van der Waals surface area contributed by atoms with Crippen LogP contribution in [0.1, 0.15) is 29.6 Å². The largest absolute Gasteiger partial charge is 0.366 e. The Bertz CT molecular complexity index is 539. The number of carbonyl (C=O) groups is 1. The number of hydrogen-bond acceptors (Lipinski definition) is 5. The first-order chi connectivity index (χ1) is 10.0. The molecule has 1 aromatic carbocycles. The van der Waals surface area contributed by atoms with Crippen molar-refractivity contribution in [2.75, 3.05) is 24.5 Å². The highest BCUT2D eigenvalue weighted by Crippen LogP contribution is 2.32. The first-order valence-corrected chi connectivity index (χ1v) is 7.06. The van der Waals surface area contributed by atoms with Gasteiger partial charge in [0.05, 0.1) is 4.92 Å². The lowest BCUT2D eigenvalue weighted by molar-refractivity contribution is -0.384. The van der Waals surface area contributed by atoms with Gasteiger partial charge < -0.3 is 16.4 Å². The minimum Gasteiger partial charge on any atom is -0.366 e. The highest BCUT2D eigenvalue weighted by atomic mass is 16.6. The molecule has 0 radical (unpaired) electrons. The number of nitro benzene ring substituents is 1. The molecule has 4 N–H and O–H groups in total. The molecule has 1 aliphatic rings. The number of rotatable bonds is 5. The van der Waals surface area contributed by atoms with Gasteiger partial charge >= 0.3 is 0 Å². The molecule has 21 heavy (non-hydrogen) atoms. The van der Waals surface area contributed by atoms with E-state index in [2.05, 4.69) is 0 Å². The Hall–Kier alpha value is -2.15. The lowest BCUT2D eigenvalue weighted by Gasteiger charge is -2.33. The molecule has 1 saturated heterocycles. The molecule has 1 amide bonds. The first-order valence-electron chi connectivity index (χ1n) is 7.06. The number of amides is 1. The van der Waals surface area contributed by atoms with E-state index in [-0.39, 0.29) is 11.3 Å². The maximum absolute atomic E-state index is 11.2. The van der Waals surface area contributed by atoms with Crippen LogP contribution < -0.4 is 16.4 Å². The summed E-state index contributed by atoms with van der Waals surface area (Å²) < 4.78 is 0. The molecule has 7 heteroatoms. The summed E-state index contributed by atoms with van der Waals surface area (Å²) in [6.45, 7) is 2.21. The molecule has 114 valence electrons. The second-order valence-electron chi connectivity index (χ2n) is 5.33. The van der Waals surface area contributed by atoms with Crippen molar-refractivity contribution >= 4 is 17.3 Å². The number of piperidine rings is 1. The maximum atomic E-state index is 11.2. The summed E-state index contributed by atoms with van der Waals surface area (Å²) >= 11 is 0. The van der Waals surface area contributed by atoms with E-state index in [1.54, 1.807) is 6.07 Å². The molecule has 0 bridgehead atoms. The van der Waals surface area contributed by atoms with Crippen molar-refractivity contribution in [3.8, 4) is 0 Å². The topological polar surface area (TPSA) is 115 Å². The van der Waals surface area contributed by atoms with Crippen LogP contribution in [-0.4, -0.2) is 30.5 Å². The zero-order valence-corrected chi connectivity index (χ0v) is 11.8. The monoisotopic (exact) mass is 292 g/mol. The van der Waals surface area contributed by atoms with Gasteiger partial charge in [0.2, 0.25) is 5.91 Å². The van der Waals surface area contributed by atoms with Crippen molar-refractivity contribution in [3.63, 3.8) is 0 Å². The number of nitro groups is 1. The van der Waals surface area contributed by atoms with Crippen molar-refractivity contribution < 1.29 is 9.72 Å². The highest BCUT2D eigenvalue weighted by molar-refractivity contribution is 5.94. The van der Waals surface area contributed by atoms with Crippen molar-refractivity contribution in [1.29, 1.82) is 0 Å². The summed E-state index contributed by atoms with van der Waals surface area (Å²) in [5.74, 6) is -0.0681. The smallest absolute Gasteiger partial charge is 0.293 e. The Morgan fingerprint density at radius 1 is 1.38 bits per heavy atom. The van der Waals surface area contributed by atoms with Crippen molar-refractivity contribution in [2.24, 2.45) is 17.4 Å². The van der Waals surface area contributed by atoms with Gasteiger partial charge in [0.15, 0.2) is 0 Å². The molecule has 2 rings (SSSR count). The van der Waals surface area contributed by atoms with Crippen LogP contribution in [0.2, 0.25) is 0 Å². The Morgan fingerprint density at radius 2 is 2.05 bits per heavy atom. The van der Waals surface area contributed by atoms with Crippen LogP contribution in [-0.2, 0) is 0 Å². The Labute approximate surface area is 123 Å². The summed E-state index contributed by atoms with van der Waals surface area (Å²) in [6.07, 6.45) is 2.95. The molecule has 1 aromatic rings. The lowest BCUT2D eigenvalue weighted by atomic mass is 9.93. The van der Waals surface area contributed by atoms with Crippen LogP contribution >= 0.6 is 0 Å². The molecule has 0 aliphatic carbocycles. The second kappa shape index (κ2) is 6.53. The Morgan fingerprint density at radius 3 is 2.57 bits per heavy atom. The predicted molar refractivity (Wildman–Crippen MR) is 80.2 cm³/mol. The van der Waals surface area contributed by atoms with E-state index in [9.17, 15) is 14.9 Å². The number of primary amides is 1. The predicted octanol–water partition coefficient (Wildman–Crippen LogP) is 1.26. The van der Waals surface area contributed by atoms with E-state index < -0.39 is 10.8 Å². The van der Waals surface area contributed by atoms with Crippen LogP contribution in [0.4, 0.5) is 11.4 Å². The maximum Gasteiger partial charge on any atom is 0.293 e. The Balaban J connectivity index is 2.20. The molecular weight excluding hydrogens is 272 g/mol. The summed E-state index contributed by atoms with van der Waals surface area (Å²) in [5, 5.41) is 11.2. The quantitative estimate of drug-likeness (QED) is 0.626. The third kappa shape index (κ3) is 3.49. The van der Waals surface area contributed by atoms with E-state index in [0.717, 1.165) is 32.4 Å². The molecule has 0 spiro atoms. The van der Waals surface area contributed by atoms with Crippen LogP contribution in [0.3, 0.4) is 0 Å². The van der Waals surface area contributed by atoms with Crippen molar-refractivity contribution in [1.82, 2.24) is 0 Å². The van der Waals surface area contributed by atoms with Crippen molar-refractivity contribution in [2.45, 2.75) is 19.3 Å². The normalized spacial score (nSPS) is 16.0. The van der Waals surface area contributed by atoms with E-state index in [4.69, 9.17) is 11.5 Å². The lowest BCUT2D eigenvalue weighted by Crippen LogP contribution is -2.34. The number of nitrogens with two attached hydrogens (primary N) is 2. The number of carbonyl (C=O) groups excluding carboxylic acids is 1. The van der Waals surface area contributed by atoms with Gasteiger partial charge in [-0.1, -0.05) is 0 Å². The number of benzene rings is 1. The van der Waals surface area contributed by atoms with Crippen LogP contribution in [0.5, 0.6) is 0 Å². The fourth-order valence-corrected chi connectivity index (χ4v) is 2.79. The summed E-state index contributed by atoms with van der Waals surface area (Å²) in [7, 11) is 0. The fraction of sp³-hybridized carbons (Fsp3) is 0.500. The van der Waals surface area contributed by atoms with E-state index in [1.807, 2.05) is 4.90 Å². The molecule has 1 fully saturated rings. The van der Waals surface area contributed by atoms with Crippen LogP contribution in [0, 0.1) is 16.0 Å². The van der Waals surface area contributed by atoms with E-state index in [1.165, 1.54) is 12.1 Å². The van der Waals surface area contributed by atoms with Gasteiger partial charge in [-0.05, 0) is 43.9 Å². The molecule has 0 saturated carbocycles. The molecular formula is C14H20N4O3. The molecule has 7 nitrogen and oxygen atoms in total. The molecule has 0 aromatic heterocycles. The van der Waals surface area contributed by atoms with Gasteiger partial charge in [0.25, 0.3) is 5.69 Å². The molecule has 0 unspecified atom stereocenters. The standard InChI is InChI=1S/C14H20N4O3/c15-6-3-10-4-7-17(8-5-10)12-2-1-11(14(16)19)9-13(12)18(20)21/h1-2,9-10H,3-8,15H2,(H2,16,19). The third-order valence-corrected chi connectivity index (χ3v) is 3.99. The highest BCUT2D eigenvalue weighted by Gasteiger charge is 2.25. The third-order valence-electron chi connectivity index (χ3n) is 3.99. The summed E-state index contributed by atoms with van der Waals surface area (Å²) in [5.41, 5.74) is 11.4. The Kier molecular flexibility index (Phi) is 4.74.